The molecule has 0 aliphatic carbocycles. The maximum absolute atomic E-state index is 14.2. The number of benzene rings is 1. The Labute approximate surface area is 325 Å². The Morgan fingerprint density at radius 2 is 1.83 bits per heavy atom. The van der Waals surface area contributed by atoms with Crippen LogP contribution in [0.25, 0.3) is 22.3 Å². The van der Waals surface area contributed by atoms with E-state index >= 15 is 0 Å². The normalized spacial score (nSPS) is 17.7. The molecular weight excluding hydrogens is 752 g/mol. The average molecular weight is 805 g/mol. The molecule has 2 aliphatic heterocycles. The standard InChI is InChI=1S/C38H53N4O9PS2/c1-9-25-26-20-24(51-52(47,40-17-19-53-54-37(6,7)8)49-18-13-11-12-16-39-35(45)50-36(3,4)5)14-15-30(26)41-32-27(25)22-42-31(32)21-29-28(33(42)43)23-48-34(44)38(29,46)10-2/h14-15,20-21,46H,9-13,16-19,22-23H2,1-8H3,(H,39,45)(H,40,47)/t38-,52?/m0/s1. The van der Waals surface area contributed by atoms with E-state index < -0.39 is 31.0 Å². The summed E-state index contributed by atoms with van der Waals surface area (Å²) in [5.74, 6) is 0.265. The van der Waals surface area contributed by atoms with Gasteiger partial charge in [0.2, 0.25) is 0 Å². The third-order valence-electron chi connectivity index (χ3n) is 8.91. The Morgan fingerprint density at radius 3 is 2.52 bits per heavy atom. The average Bonchev–Trinajstić information content (AvgIpc) is 3.45. The number of hydrogen-bond acceptors (Lipinski definition) is 12. The Bertz CT molecular complexity index is 1990. The SMILES string of the molecule is CCc1c2c(nc3ccc(OP(=O)(NCCSSC(C)(C)C)OCCCCCNC(=O)OC(C)(C)C)cc13)-c1cc3c(c(=O)n1C2)COC(=O)[C@]3(O)CC. The summed E-state index contributed by atoms with van der Waals surface area (Å²) in [5, 5.41) is 17.8. The Morgan fingerprint density at radius 1 is 1.07 bits per heavy atom. The molecule has 13 nitrogen and oxygen atoms in total. The van der Waals surface area contributed by atoms with Crippen molar-refractivity contribution >= 4 is 52.3 Å². The number of unbranched alkanes of at least 4 members (excludes halogenated alkanes) is 2. The summed E-state index contributed by atoms with van der Waals surface area (Å²) in [5.41, 5.74) is 1.37. The number of hydrogen-bond donors (Lipinski definition) is 3. The van der Waals surface area contributed by atoms with Crippen LogP contribution in [0.2, 0.25) is 0 Å². The van der Waals surface area contributed by atoms with Crippen molar-refractivity contribution in [3.63, 3.8) is 0 Å². The molecule has 16 heteroatoms. The van der Waals surface area contributed by atoms with Crippen LogP contribution in [0.5, 0.6) is 5.75 Å². The number of fused-ring (bicyclic) bond motifs is 5. The lowest BCUT2D eigenvalue weighted by Crippen LogP contribution is -2.44. The Kier molecular flexibility index (Phi) is 13.2. The zero-order valence-corrected chi connectivity index (χ0v) is 35.0. The molecule has 2 aromatic heterocycles. The fourth-order valence-corrected chi connectivity index (χ4v) is 10.1. The van der Waals surface area contributed by atoms with E-state index in [9.17, 15) is 24.1 Å². The van der Waals surface area contributed by atoms with Gasteiger partial charge in [-0.25, -0.2) is 24.2 Å². The number of rotatable bonds is 16. The highest BCUT2D eigenvalue weighted by Gasteiger charge is 2.45. The second-order valence-corrected chi connectivity index (χ2v) is 20.4. The number of ether oxygens (including phenoxy) is 2. The van der Waals surface area contributed by atoms with Gasteiger partial charge in [0.25, 0.3) is 5.56 Å². The van der Waals surface area contributed by atoms with E-state index in [1.807, 2.05) is 33.8 Å². The molecule has 1 unspecified atom stereocenters. The zero-order valence-electron chi connectivity index (χ0n) is 32.5. The summed E-state index contributed by atoms with van der Waals surface area (Å²) < 4.78 is 38.5. The Balaban J connectivity index is 1.34. The Hall–Kier alpha value is -3.07. The molecule has 54 heavy (non-hydrogen) atoms. The lowest BCUT2D eigenvalue weighted by Gasteiger charge is -2.31. The van der Waals surface area contributed by atoms with E-state index in [1.165, 1.54) is 0 Å². The molecule has 4 heterocycles. The summed E-state index contributed by atoms with van der Waals surface area (Å²) >= 11 is 0. The highest BCUT2D eigenvalue weighted by molar-refractivity contribution is 8.77. The smallest absolute Gasteiger partial charge is 0.458 e. The van der Waals surface area contributed by atoms with Gasteiger partial charge in [0.1, 0.15) is 18.0 Å². The van der Waals surface area contributed by atoms with Gasteiger partial charge in [0, 0.05) is 40.1 Å². The third kappa shape index (κ3) is 9.83. The molecule has 1 amide bonds. The molecule has 0 spiro atoms. The van der Waals surface area contributed by atoms with E-state index in [0.29, 0.717) is 60.8 Å². The van der Waals surface area contributed by atoms with Crippen molar-refractivity contribution < 1.29 is 37.8 Å². The molecule has 0 fully saturated rings. The zero-order chi connectivity index (χ0) is 39.5. The van der Waals surface area contributed by atoms with Gasteiger partial charge in [-0.15, -0.1) is 0 Å². The first kappa shape index (κ1) is 42.1. The van der Waals surface area contributed by atoms with E-state index in [0.717, 1.165) is 22.9 Å². The van der Waals surface area contributed by atoms with Gasteiger partial charge in [-0.3, -0.25) is 9.32 Å². The molecule has 2 aliphatic rings. The summed E-state index contributed by atoms with van der Waals surface area (Å²) in [4.78, 5) is 43.2. The topological polar surface area (TPSA) is 167 Å². The summed E-state index contributed by atoms with van der Waals surface area (Å²) in [6.45, 7) is 16.7. The molecule has 2 atom stereocenters. The lowest BCUT2D eigenvalue weighted by molar-refractivity contribution is -0.172. The molecule has 0 bridgehead atoms. The van der Waals surface area contributed by atoms with Crippen molar-refractivity contribution in [1.29, 1.82) is 0 Å². The monoisotopic (exact) mass is 804 g/mol. The molecular formula is C38H53N4O9PS2. The number of alkyl carbamates (subject to hydrolysis) is 1. The maximum Gasteiger partial charge on any atom is 0.458 e. The number of aromatic nitrogens is 2. The minimum atomic E-state index is -3.81. The second kappa shape index (κ2) is 17.0. The molecule has 0 saturated carbocycles. The molecule has 5 rings (SSSR count). The summed E-state index contributed by atoms with van der Waals surface area (Å²) in [7, 11) is -0.386. The molecule has 1 aromatic carbocycles. The van der Waals surface area contributed by atoms with Crippen molar-refractivity contribution in [2.75, 3.05) is 25.4 Å². The number of amides is 1. The van der Waals surface area contributed by atoms with Crippen LogP contribution >= 0.6 is 29.3 Å². The number of esters is 1. The number of nitrogens with zero attached hydrogens (tertiary/aromatic N) is 2. The highest BCUT2D eigenvalue weighted by atomic mass is 33.1. The summed E-state index contributed by atoms with van der Waals surface area (Å²) in [6.07, 6.45) is 2.26. The first-order valence-corrected chi connectivity index (χ1v) is 22.3. The van der Waals surface area contributed by atoms with Gasteiger partial charge in [-0.05, 0) is 82.7 Å². The van der Waals surface area contributed by atoms with Crippen LogP contribution in [-0.4, -0.2) is 62.5 Å². The van der Waals surface area contributed by atoms with Crippen LogP contribution in [0, 0.1) is 0 Å². The van der Waals surface area contributed by atoms with Crippen molar-refractivity contribution in [2.45, 2.75) is 117 Å². The van der Waals surface area contributed by atoms with E-state index in [1.54, 1.807) is 51.3 Å². The van der Waals surface area contributed by atoms with Crippen molar-refractivity contribution in [3.8, 4) is 17.1 Å². The van der Waals surface area contributed by atoms with E-state index in [-0.39, 0.29) is 47.6 Å². The lowest BCUT2D eigenvalue weighted by atomic mass is 9.86. The van der Waals surface area contributed by atoms with Crippen LogP contribution in [0.1, 0.15) is 103 Å². The van der Waals surface area contributed by atoms with Gasteiger partial charge < -0.3 is 29.0 Å². The number of nitrogens with one attached hydrogen (secondary N) is 2. The highest BCUT2D eigenvalue weighted by Crippen LogP contribution is 2.46. The number of carbonyl (C=O) groups excluding carboxylic acids is 2. The quantitative estimate of drug-likeness (QED) is 0.0439. The van der Waals surface area contributed by atoms with Gasteiger partial charge >= 0.3 is 19.8 Å². The van der Waals surface area contributed by atoms with Crippen LogP contribution in [-0.2, 0) is 48.5 Å². The second-order valence-electron chi connectivity index (χ2n) is 15.4. The van der Waals surface area contributed by atoms with Gasteiger partial charge in [0.15, 0.2) is 5.60 Å². The van der Waals surface area contributed by atoms with E-state index in [2.05, 4.69) is 31.2 Å². The number of aryl methyl sites for hydroxylation is 1. The predicted octanol–water partition coefficient (Wildman–Crippen LogP) is 7.61. The molecule has 3 aromatic rings. The van der Waals surface area contributed by atoms with Crippen molar-refractivity contribution in [1.82, 2.24) is 20.0 Å². The predicted molar refractivity (Wildman–Crippen MR) is 214 cm³/mol. The third-order valence-corrected chi connectivity index (χ3v) is 13.8. The number of pyridine rings is 2. The van der Waals surface area contributed by atoms with Crippen LogP contribution in [0.3, 0.4) is 0 Å². The fourth-order valence-electron chi connectivity index (χ4n) is 6.38. The largest absolute Gasteiger partial charge is 0.458 e. The van der Waals surface area contributed by atoms with Crippen LogP contribution in [0.15, 0.2) is 29.1 Å². The fraction of sp³-hybridized carbons (Fsp3) is 0.579. The van der Waals surface area contributed by atoms with Crippen molar-refractivity contribution in [2.24, 2.45) is 0 Å². The van der Waals surface area contributed by atoms with Gasteiger partial charge in [-0.2, -0.15) is 0 Å². The number of carbonyl (C=O) groups is 2. The molecule has 0 saturated heterocycles. The number of cyclic esters (lactones) is 1. The molecule has 3 N–H and O–H groups in total. The number of aliphatic hydroxyl groups is 1. The molecule has 296 valence electrons. The van der Waals surface area contributed by atoms with E-state index in [4.69, 9.17) is 23.5 Å². The minimum absolute atomic E-state index is 0.0627. The van der Waals surface area contributed by atoms with Crippen molar-refractivity contribution in [3.05, 3.63) is 56.9 Å². The van der Waals surface area contributed by atoms with Gasteiger partial charge in [-0.1, -0.05) is 56.2 Å². The first-order chi connectivity index (χ1) is 25.4. The molecule has 0 radical (unpaired) electrons. The maximum atomic E-state index is 14.2. The summed E-state index contributed by atoms with van der Waals surface area (Å²) in [6, 6.07) is 7.01. The first-order valence-electron chi connectivity index (χ1n) is 18.5. The van der Waals surface area contributed by atoms with Crippen LogP contribution < -0.4 is 20.5 Å². The minimum Gasteiger partial charge on any atom is -0.458 e. The van der Waals surface area contributed by atoms with Crippen LogP contribution in [0.4, 0.5) is 4.79 Å². The van der Waals surface area contributed by atoms with Gasteiger partial charge in [0.05, 0.1) is 35.6 Å².